The summed E-state index contributed by atoms with van der Waals surface area (Å²) in [6.45, 7) is 13.2. The molecule has 2 fully saturated rings. The number of carbonyl (C=O) groups excluding carboxylic acids is 1. The van der Waals surface area contributed by atoms with Crippen molar-refractivity contribution in [3.05, 3.63) is 0 Å². The fraction of sp³-hybridized carbons (Fsp3) is 0.941. The number of rotatable bonds is 0. The second-order valence-corrected chi connectivity index (χ2v) is 7.51. The van der Waals surface area contributed by atoms with E-state index in [-0.39, 0.29) is 19.1 Å². The zero-order valence-electron chi connectivity index (χ0n) is 15.2. The molecule has 0 aliphatic carbocycles. The summed E-state index contributed by atoms with van der Waals surface area (Å²) in [5.74, 6) is 1.41. The number of urea groups is 1. The van der Waals surface area contributed by atoms with E-state index in [0.717, 1.165) is 19.0 Å². The van der Waals surface area contributed by atoms with Crippen LogP contribution in [0.25, 0.3) is 0 Å². The molecule has 2 amide bonds. The van der Waals surface area contributed by atoms with Gasteiger partial charge in [0.15, 0.2) is 0 Å². The van der Waals surface area contributed by atoms with Crippen LogP contribution in [0.5, 0.6) is 0 Å². The van der Waals surface area contributed by atoms with Crippen LogP contribution >= 0.6 is 0 Å². The Balaban J connectivity index is 0.000000385. The first-order chi connectivity index (χ1) is 9.55. The largest absolute Gasteiger partial charge is 0.327 e. The van der Waals surface area contributed by atoms with E-state index in [1.54, 1.807) is 9.80 Å². The summed E-state index contributed by atoms with van der Waals surface area (Å²) in [5, 5.41) is 0. The average Bonchev–Trinajstić information content (AvgIpc) is 2.34. The zero-order chi connectivity index (χ0) is 16.4. The Morgan fingerprint density at radius 2 is 1.14 bits per heavy atom. The van der Waals surface area contributed by atoms with Crippen molar-refractivity contribution in [2.24, 2.45) is 11.8 Å². The minimum atomic E-state index is 0. The molecule has 0 aromatic heterocycles. The van der Waals surface area contributed by atoms with Crippen molar-refractivity contribution in [2.45, 2.75) is 40.8 Å². The summed E-state index contributed by atoms with van der Waals surface area (Å²) in [4.78, 5) is 19.5. The van der Waals surface area contributed by atoms with Crippen LogP contribution in [-0.2, 0) is 0 Å². The third-order valence-electron chi connectivity index (χ3n) is 4.86. The molecule has 0 aromatic carbocycles. The molecule has 0 bridgehead atoms. The van der Waals surface area contributed by atoms with E-state index in [1.165, 1.54) is 13.1 Å². The number of hydrogen-bond acceptors (Lipinski definition) is 3. The second-order valence-electron chi connectivity index (χ2n) is 7.51. The highest BCUT2D eigenvalue weighted by atomic mass is 16.2. The third kappa shape index (κ3) is 5.13. The molecule has 2 aliphatic rings. The zero-order valence-corrected chi connectivity index (χ0v) is 15.2. The molecule has 2 saturated heterocycles. The standard InChI is InChI=1S/C9H20N2.C7H14N2O.CH4/c1-8-6-10(4)9(2,3)11(5)7-8;1-6-4-8(2)7(10)9(3)5-6;/h8H,6-7H2,1-5H3;6H,4-5H2,1-3H3;1H4. The van der Waals surface area contributed by atoms with E-state index in [0.29, 0.717) is 5.92 Å². The Bertz CT molecular complexity index is 331. The van der Waals surface area contributed by atoms with Gasteiger partial charge in [-0.25, -0.2) is 4.79 Å². The van der Waals surface area contributed by atoms with Crippen molar-refractivity contribution >= 4 is 6.03 Å². The fourth-order valence-electron chi connectivity index (χ4n) is 3.17. The first kappa shape index (κ1) is 21.2. The summed E-state index contributed by atoms with van der Waals surface area (Å²) in [7, 11) is 8.08. The molecule has 0 saturated carbocycles. The van der Waals surface area contributed by atoms with Gasteiger partial charge in [-0.2, -0.15) is 0 Å². The molecular formula is C17H38N4O. The van der Waals surface area contributed by atoms with E-state index >= 15 is 0 Å². The maximum Gasteiger partial charge on any atom is 0.319 e. The van der Waals surface area contributed by atoms with Crippen LogP contribution in [0, 0.1) is 11.8 Å². The minimum absolute atomic E-state index is 0. The van der Waals surface area contributed by atoms with Crippen LogP contribution in [0.1, 0.15) is 35.1 Å². The molecular weight excluding hydrogens is 276 g/mol. The number of hydrogen-bond donors (Lipinski definition) is 0. The first-order valence-electron chi connectivity index (χ1n) is 7.94. The van der Waals surface area contributed by atoms with Crippen LogP contribution in [0.2, 0.25) is 0 Å². The SMILES string of the molecule is C.CC1CN(C)C(=O)N(C)C1.CC1CN(C)C(C)(C)N(C)C1. The molecule has 2 rings (SSSR count). The normalized spacial score (nSPS) is 24.6. The van der Waals surface area contributed by atoms with Crippen LogP contribution in [0.15, 0.2) is 0 Å². The van der Waals surface area contributed by atoms with Crippen molar-refractivity contribution < 1.29 is 4.79 Å². The van der Waals surface area contributed by atoms with Crippen LogP contribution < -0.4 is 0 Å². The predicted octanol–water partition coefficient (Wildman–Crippen LogP) is 2.49. The van der Waals surface area contributed by atoms with Crippen molar-refractivity contribution in [2.75, 3.05) is 54.4 Å². The van der Waals surface area contributed by atoms with Gasteiger partial charge in [0, 0.05) is 40.3 Å². The van der Waals surface area contributed by atoms with Crippen LogP contribution in [0.4, 0.5) is 4.79 Å². The summed E-state index contributed by atoms with van der Waals surface area (Å²) in [5.41, 5.74) is 0.243. The summed E-state index contributed by atoms with van der Waals surface area (Å²) in [6, 6.07) is 0.137. The Labute approximate surface area is 138 Å². The third-order valence-corrected chi connectivity index (χ3v) is 4.86. The number of amides is 2. The highest BCUT2D eigenvalue weighted by molar-refractivity contribution is 5.74. The lowest BCUT2D eigenvalue weighted by Crippen LogP contribution is -2.60. The monoisotopic (exact) mass is 314 g/mol. The van der Waals surface area contributed by atoms with E-state index in [2.05, 4.69) is 51.6 Å². The predicted molar refractivity (Wildman–Crippen MR) is 95.1 cm³/mol. The smallest absolute Gasteiger partial charge is 0.319 e. The topological polar surface area (TPSA) is 30.0 Å². The Morgan fingerprint density at radius 3 is 1.50 bits per heavy atom. The van der Waals surface area contributed by atoms with Crippen LogP contribution in [0.3, 0.4) is 0 Å². The van der Waals surface area contributed by atoms with E-state index < -0.39 is 0 Å². The van der Waals surface area contributed by atoms with Gasteiger partial charge in [-0.3, -0.25) is 9.80 Å². The molecule has 5 heteroatoms. The maximum atomic E-state index is 11.1. The van der Waals surface area contributed by atoms with Gasteiger partial charge in [0.05, 0.1) is 5.66 Å². The van der Waals surface area contributed by atoms with Gasteiger partial charge < -0.3 is 9.80 Å². The fourth-order valence-corrected chi connectivity index (χ4v) is 3.17. The van der Waals surface area contributed by atoms with Crippen molar-refractivity contribution in [1.82, 2.24) is 19.6 Å². The van der Waals surface area contributed by atoms with Gasteiger partial charge in [-0.05, 0) is 39.8 Å². The average molecular weight is 315 g/mol. The molecule has 22 heavy (non-hydrogen) atoms. The molecule has 2 heterocycles. The second kappa shape index (κ2) is 8.16. The van der Waals surface area contributed by atoms with Crippen molar-refractivity contribution in [3.8, 4) is 0 Å². The Hall–Kier alpha value is -0.810. The van der Waals surface area contributed by atoms with Gasteiger partial charge >= 0.3 is 6.03 Å². The van der Waals surface area contributed by atoms with Gasteiger partial charge in [-0.15, -0.1) is 0 Å². The molecule has 0 spiro atoms. The van der Waals surface area contributed by atoms with Crippen LogP contribution in [-0.4, -0.2) is 85.7 Å². The minimum Gasteiger partial charge on any atom is -0.327 e. The first-order valence-corrected chi connectivity index (χ1v) is 7.94. The maximum absolute atomic E-state index is 11.1. The molecule has 0 radical (unpaired) electrons. The molecule has 5 nitrogen and oxygen atoms in total. The quantitative estimate of drug-likeness (QED) is 0.688. The van der Waals surface area contributed by atoms with Gasteiger partial charge in [0.1, 0.15) is 0 Å². The molecule has 0 unspecified atom stereocenters. The summed E-state index contributed by atoms with van der Waals surface area (Å²) >= 11 is 0. The molecule has 2 aliphatic heterocycles. The summed E-state index contributed by atoms with van der Waals surface area (Å²) < 4.78 is 0. The van der Waals surface area contributed by atoms with Crippen molar-refractivity contribution in [1.29, 1.82) is 0 Å². The highest BCUT2D eigenvalue weighted by Gasteiger charge is 2.34. The molecule has 0 atom stereocenters. The molecule has 132 valence electrons. The lowest BCUT2D eigenvalue weighted by atomic mass is 10.0. The van der Waals surface area contributed by atoms with Gasteiger partial charge in [0.2, 0.25) is 0 Å². The van der Waals surface area contributed by atoms with Gasteiger partial charge in [0.25, 0.3) is 0 Å². The number of nitrogens with zero attached hydrogens (tertiary/aromatic N) is 4. The number of carbonyl (C=O) groups is 1. The Morgan fingerprint density at radius 1 is 0.818 bits per heavy atom. The Kier molecular flexibility index (Phi) is 7.86. The lowest BCUT2D eigenvalue weighted by molar-refractivity contribution is -0.0533. The van der Waals surface area contributed by atoms with E-state index in [9.17, 15) is 4.79 Å². The summed E-state index contributed by atoms with van der Waals surface area (Å²) in [6.07, 6.45) is 0. The van der Waals surface area contributed by atoms with E-state index in [4.69, 9.17) is 0 Å². The molecule has 0 aromatic rings. The van der Waals surface area contributed by atoms with E-state index in [1.807, 2.05) is 14.1 Å². The lowest BCUT2D eigenvalue weighted by Gasteiger charge is -2.49. The van der Waals surface area contributed by atoms with Gasteiger partial charge in [-0.1, -0.05) is 21.3 Å². The molecule has 0 N–H and O–H groups in total. The highest BCUT2D eigenvalue weighted by Crippen LogP contribution is 2.23. The van der Waals surface area contributed by atoms with Crippen molar-refractivity contribution in [3.63, 3.8) is 0 Å².